The zero-order valence-corrected chi connectivity index (χ0v) is 14.5. The van der Waals surface area contributed by atoms with Gasteiger partial charge in [-0.25, -0.2) is 0 Å². The number of benzene rings is 1. The molecule has 0 unspecified atom stereocenters. The van der Waals surface area contributed by atoms with Crippen LogP contribution in [0.15, 0.2) is 49.3 Å². The SMILES string of the molecule is C=CCNCc1cc(Cl)c(OCc2cccnc2)c(OC)c1.Cl. The molecule has 0 amide bonds. The van der Waals surface area contributed by atoms with E-state index in [1.807, 2.05) is 30.3 Å². The van der Waals surface area contributed by atoms with Crippen LogP contribution in [-0.2, 0) is 13.2 Å². The molecule has 0 bridgehead atoms. The maximum Gasteiger partial charge on any atom is 0.180 e. The van der Waals surface area contributed by atoms with Gasteiger partial charge < -0.3 is 14.8 Å². The number of methoxy groups -OCH3 is 1. The molecule has 0 saturated heterocycles. The molecule has 0 aliphatic rings. The van der Waals surface area contributed by atoms with Gasteiger partial charge in [0.15, 0.2) is 11.5 Å². The topological polar surface area (TPSA) is 43.4 Å². The number of rotatable bonds is 8. The number of nitrogens with zero attached hydrogens (tertiary/aromatic N) is 1. The minimum atomic E-state index is 0. The summed E-state index contributed by atoms with van der Waals surface area (Å²) in [5.74, 6) is 1.16. The van der Waals surface area contributed by atoms with Crippen molar-refractivity contribution in [2.75, 3.05) is 13.7 Å². The molecule has 1 aromatic carbocycles. The van der Waals surface area contributed by atoms with Crippen LogP contribution in [0.25, 0.3) is 0 Å². The van der Waals surface area contributed by atoms with Gasteiger partial charge in [0.2, 0.25) is 0 Å². The van der Waals surface area contributed by atoms with E-state index in [1.165, 1.54) is 0 Å². The largest absolute Gasteiger partial charge is 0.493 e. The van der Waals surface area contributed by atoms with Crippen LogP contribution in [0.5, 0.6) is 11.5 Å². The molecule has 2 rings (SSSR count). The Balaban J connectivity index is 0.00000264. The zero-order chi connectivity index (χ0) is 15.8. The molecule has 124 valence electrons. The van der Waals surface area contributed by atoms with Crippen LogP contribution >= 0.6 is 24.0 Å². The van der Waals surface area contributed by atoms with E-state index in [2.05, 4.69) is 16.9 Å². The number of nitrogens with one attached hydrogen (secondary N) is 1. The van der Waals surface area contributed by atoms with Crippen LogP contribution in [0.2, 0.25) is 5.02 Å². The van der Waals surface area contributed by atoms with Gasteiger partial charge in [-0.05, 0) is 23.8 Å². The van der Waals surface area contributed by atoms with Crippen LogP contribution < -0.4 is 14.8 Å². The van der Waals surface area contributed by atoms with Crippen LogP contribution in [0.3, 0.4) is 0 Å². The minimum Gasteiger partial charge on any atom is -0.493 e. The third-order valence-electron chi connectivity index (χ3n) is 3.01. The fourth-order valence-corrected chi connectivity index (χ4v) is 2.26. The Hall–Kier alpha value is -1.75. The molecule has 23 heavy (non-hydrogen) atoms. The van der Waals surface area contributed by atoms with E-state index in [9.17, 15) is 0 Å². The number of aromatic nitrogens is 1. The molecule has 2 aromatic rings. The van der Waals surface area contributed by atoms with E-state index in [0.717, 1.165) is 17.7 Å². The van der Waals surface area contributed by atoms with Crippen molar-refractivity contribution >= 4 is 24.0 Å². The van der Waals surface area contributed by atoms with Gasteiger partial charge in [-0.1, -0.05) is 23.7 Å². The van der Waals surface area contributed by atoms with Crippen LogP contribution in [0, 0.1) is 0 Å². The Morgan fingerprint density at radius 3 is 2.83 bits per heavy atom. The highest BCUT2D eigenvalue weighted by molar-refractivity contribution is 6.32. The molecule has 0 aliphatic heterocycles. The molecule has 0 aliphatic carbocycles. The molecule has 0 radical (unpaired) electrons. The standard InChI is InChI=1S/C17H19ClN2O2.ClH/c1-3-6-19-11-14-8-15(18)17(16(9-14)21-2)22-12-13-5-4-7-20-10-13;/h3-5,7-10,19H,1,6,11-12H2,2H3;1H. The number of halogens is 2. The van der Waals surface area contributed by atoms with E-state index in [0.29, 0.717) is 29.7 Å². The molecule has 0 atom stereocenters. The summed E-state index contributed by atoms with van der Waals surface area (Å²) in [6, 6.07) is 7.60. The lowest BCUT2D eigenvalue weighted by atomic mass is 10.2. The Bertz CT molecular complexity index is 621. The summed E-state index contributed by atoms with van der Waals surface area (Å²) < 4.78 is 11.2. The van der Waals surface area contributed by atoms with Crippen molar-refractivity contribution in [2.24, 2.45) is 0 Å². The lowest BCUT2D eigenvalue weighted by molar-refractivity contribution is 0.284. The normalized spacial score (nSPS) is 9.83. The van der Waals surface area contributed by atoms with Gasteiger partial charge >= 0.3 is 0 Å². The Kier molecular flexibility index (Phi) is 8.48. The molecule has 1 heterocycles. The maximum atomic E-state index is 6.32. The molecule has 1 N–H and O–H groups in total. The highest BCUT2D eigenvalue weighted by Crippen LogP contribution is 2.36. The summed E-state index contributed by atoms with van der Waals surface area (Å²) in [5, 5.41) is 3.75. The zero-order valence-electron chi connectivity index (χ0n) is 12.9. The molecule has 6 heteroatoms. The van der Waals surface area contributed by atoms with Gasteiger partial charge in [0.1, 0.15) is 6.61 Å². The predicted octanol–water partition coefficient (Wildman–Crippen LogP) is 4.02. The summed E-state index contributed by atoms with van der Waals surface area (Å²) in [6.07, 6.45) is 5.29. The average Bonchev–Trinajstić information content (AvgIpc) is 2.54. The molecule has 1 aromatic heterocycles. The first-order valence-electron chi connectivity index (χ1n) is 6.94. The fraction of sp³-hybridized carbons (Fsp3) is 0.235. The van der Waals surface area contributed by atoms with E-state index in [1.54, 1.807) is 19.5 Å². The maximum absolute atomic E-state index is 6.32. The lowest BCUT2D eigenvalue weighted by Gasteiger charge is -2.14. The van der Waals surface area contributed by atoms with Crippen molar-refractivity contribution in [3.63, 3.8) is 0 Å². The highest BCUT2D eigenvalue weighted by Gasteiger charge is 2.12. The number of hydrogen-bond donors (Lipinski definition) is 1. The Morgan fingerprint density at radius 1 is 1.35 bits per heavy atom. The second kappa shape index (κ2) is 10.1. The first-order chi connectivity index (χ1) is 10.7. The average molecular weight is 355 g/mol. The minimum absolute atomic E-state index is 0. The molecule has 0 saturated carbocycles. The van der Waals surface area contributed by atoms with Crippen LogP contribution in [0.4, 0.5) is 0 Å². The van der Waals surface area contributed by atoms with E-state index < -0.39 is 0 Å². The highest BCUT2D eigenvalue weighted by atomic mass is 35.5. The number of pyridine rings is 1. The van der Waals surface area contributed by atoms with Gasteiger partial charge in [0.25, 0.3) is 0 Å². The third-order valence-corrected chi connectivity index (χ3v) is 3.29. The quantitative estimate of drug-likeness (QED) is 0.574. The van der Waals surface area contributed by atoms with E-state index in [-0.39, 0.29) is 12.4 Å². The molecule has 0 spiro atoms. The molecular formula is C17H20Cl2N2O2. The smallest absolute Gasteiger partial charge is 0.180 e. The van der Waals surface area contributed by atoms with Crippen molar-refractivity contribution in [1.82, 2.24) is 10.3 Å². The second-order valence-corrected chi connectivity index (χ2v) is 5.09. The molecule has 4 nitrogen and oxygen atoms in total. The summed E-state index contributed by atoms with van der Waals surface area (Å²) in [6.45, 7) is 5.48. The van der Waals surface area contributed by atoms with E-state index >= 15 is 0 Å². The second-order valence-electron chi connectivity index (χ2n) is 4.68. The van der Waals surface area contributed by atoms with Gasteiger partial charge in [-0.2, -0.15) is 0 Å². The van der Waals surface area contributed by atoms with Gasteiger partial charge in [0, 0.05) is 31.0 Å². The van der Waals surface area contributed by atoms with Gasteiger partial charge in [-0.3, -0.25) is 4.98 Å². The van der Waals surface area contributed by atoms with Crippen molar-refractivity contribution < 1.29 is 9.47 Å². The van der Waals surface area contributed by atoms with Crippen molar-refractivity contribution in [2.45, 2.75) is 13.2 Å². The van der Waals surface area contributed by atoms with Gasteiger partial charge in [0.05, 0.1) is 12.1 Å². The summed E-state index contributed by atoms with van der Waals surface area (Å²) in [7, 11) is 1.60. The number of hydrogen-bond acceptors (Lipinski definition) is 4. The first kappa shape index (κ1) is 19.3. The predicted molar refractivity (Wildman–Crippen MR) is 95.7 cm³/mol. The summed E-state index contributed by atoms with van der Waals surface area (Å²) in [4.78, 5) is 4.06. The third kappa shape index (κ3) is 5.75. The summed E-state index contributed by atoms with van der Waals surface area (Å²) in [5.41, 5.74) is 2.00. The Morgan fingerprint density at radius 2 is 2.17 bits per heavy atom. The summed E-state index contributed by atoms with van der Waals surface area (Å²) >= 11 is 6.32. The molecular weight excluding hydrogens is 335 g/mol. The molecule has 0 fully saturated rings. The van der Waals surface area contributed by atoms with E-state index in [4.69, 9.17) is 21.1 Å². The van der Waals surface area contributed by atoms with Crippen LogP contribution in [0.1, 0.15) is 11.1 Å². The van der Waals surface area contributed by atoms with Crippen molar-refractivity contribution in [3.8, 4) is 11.5 Å². The Labute approximate surface area is 147 Å². The first-order valence-corrected chi connectivity index (χ1v) is 7.32. The number of ether oxygens (including phenoxy) is 2. The van der Waals surface area contributed by atoms with Gasteiger partial charge in [-0.15, -0.1) is 19.0 Å². The van der Waals surface area contributed by atoms with Crippen LogP contribution in [-0.4, -0.2) is 18.6 Å². The monoisotopic (exact) mass is 354 g/mol. The van der Waals surface area contributed by atoms with Crippen molar-refractivity contribution in [3.05, 3.63) is 65.5 Å². The van der Waals surface area contributed by atoms with Crippen molar-refractivity contribution in [1.29, 1.82) is 0 Å². The lowest BCUT2D eigenvalue weighted by Crippen LogP contribution is -2.12. The fourth-order valence-electron chi connectivity index (χ4n) is 1.97.